The monoisotopic (exact) mass is 403 g/mol. The SMILES string of the molecule is CC(=O)Nc1ccc(NC(=O)c2cccc(S(=O)(=O)N3CCOCC3)c2)cc1. The van der Waals surface area contributed by atoms with E-state index in [0.29, 0.717) is 37.7 Å². The molecule has 1 aliphatic heterocycles. The number of hydrogen-bond donors (Lipinski definition) is 2. The Morgan fingerprint density at radius 3 is 2.18 bits per heavy atom. The zero-order chi connectivity index (χ0) is 20.1. The number of anilines is 2. The fourth-order valence-electron chi connectivity index (χ4n) is 2.78. The van der Waals surface area contributed by atoms with Gasteiger partial charge in [0.05, 0.1) is 18.1 Å². The standard InChI is InChI=1S/C19H21N3O5S/c1-14(23)20-16-5-7-17(8-6-16)21-19(24)15-3-2-4-18(13-15)28(25,26)22-9-11-27-12-10-22/h2-8,13H,9-12H2,1H3,(H,20,23)(H,21,24). The second-order valence-corrected chi connectivity index (χ2v) is 8.19. The van der Waals surface area contributed by atoms with E-state index >= 15 is 0 Å². The van der Waals surface area contributed by atoms with Crippen LogP contribution >= 0.6 is 0 Å². The molecular formula is C19H21N3O5S. The van der Waals surface area contributed by atoms with Crippen LogP contribution in [0.15, 0.2) is 53.4 Å². The van der Waals surface area contributed by atoms with Crippen LogP contribution in [0.5, 0.6) is 0 Å². The maximum Gasteiger partial charge on any atom is 0.255 e. The van der Waals surface area contributed by atoms with E-state index in [-0.39, 0.29) is 16.4 Å². The Morgan fingerprint density at radius 1 is 0.964 bits per heavy atom. The van der Waals surface area contributed by atoms with E-state index in [9.17, 15) is 18.0 Å². The Bertz CT molecular complexity index is 967. The topological polar surface area (TPSA) is 105 Å². The molecule has 1 aliphatic rings. The van der Waals surface area contributed by atoms with Gasteiger partial charge in [-0.1, -0.05) is 6.07 Å². The van der Waals surface area contributed by atoms with Crippen molar-refractivity contribution in [2.45, 2.75) is 11.8 Å². The lowest BCUT2D eigenvalue weighted by molar-refractivity contribution is -0.114. The van der Waals surface area contributed by atoms with Crippen LogP contribution in [-0.4, -0.2) is 50.8 Å². The molecule has 2 amide bonds. The van der Waals surface area contributed by atoms with E-state index in [2.05, 4.69) is 10.6 Å². The van der Waals surface area contributed by atoms with E-state index in [0.717, 1.165) is 0 Å². The van der Waals surface area contributed by atoms with Gasteiger partial charge in [-0.2, -0.15) is 4.31 Å². The second-order valence-electron chi connectivity index (χ2n) is 6.26. The van der Waals surface area contributed by atoms with Gasteiger partial charge in [-0.25, -0.2) is 8.42 Å². The molecule has 0 aliphatic carbocycles. The molecule has 0 radical (unpaired) electrons. The van der Waals surface area contributed by atoms with Gasteiger partial charge in [-0.3, -0.25) is 9.59 Å². The van der Waals surface area contributed by atoms with Crippen molar-refractivity contribution < 1.29 is 22.7 Å². The summed E-state index contributed by atoms with van der Waals surface area (Å²) in [7, 11) is -3.67. The number of amides is 2. The predicted molar refractivity (Wildman–Crippen MR) is 105 cm³/mol. The molecule has 0 saturated carbocycles. The molecule has 1 heterocycles. The van der Waals surface area contributed by atoms with Gasteiger partial charge in [0.15, 0.2) is 0 Å². The van der Waals surface area contributed by atoms with Gasteiger partial charge in [0.2, 0.25) is 15.9 Å². The Labute approximate surface area is 163 Å². The fraction of sp³-hybridized carbons (Fsp3) is 0.263. The van der Waals surface area contributed by atoms with Crippen LogP contribution in [0.25, 0.3) is 0 Å². The number of morpholine rings is 1. The molecule has 8 nitrogen and oxygen atoms in total. The third-order valence-electron chi connectivity index (χ3n) is 4.17. The molecule has 28 heavy (non-hydrogen) atoms. The number of ether oxygens (including phenoxy) is 1. The molecule has 0 aromatic heterocycles. The minimum Gasteiger partial charge on any atom is -0.379 e. The van der Waals surface area contributed by atoms with Crippen LogP contribution in [-0.2, 0) is 19.6 Å². The Kier molecular flexibility index (Phi) is 6.08. The molecule has 0 spiro atoms. The van der Waals surface area contributed by atoms with Gasteiger partial charge in [0.1, 0.15) is 0 Å². The summed E-state index contributed by atoms with van der Waals surface area (Å²) in [6, 6.07) is 12.6. The van der Waals surface area contributed by atoms with Crippen molar-refractivity contribution >= 4 is 33.2 Å². The second kappa shape index (κ2) is 8.51. The molecule has 2 N–H and O–H groups in total. The summed E-state index contributed by atoms with van der Waals surface area (Å²) >= 11 is 0. The summed E-state index contributed by atoms with van der Waals surface area (Å²) in [5.41, 5.74) is 1.38. The maximum absolute atomic E-state index is 12.8. The van der Waals surface area contributed by atoms with E-state index in [1.165, 1.54) is 23.4 Å². The van der Waals surface area contributed by atoms with Gasteiger partial charge in [-0.15, -0.1) is 0 Å². The number of benzene rings is 2. The minimum atomic E-state index is -3.67. The Balaban J connectivity index is 1.74. The lowest BCUT2D eigenvalue weighted by Gasteiger charge is -2.26. The lowest BCUT2D eigenvalue weighted by Crippen LogP contribution is -2.40. The van der Waals surface area contributed by atoms with E-state index in [1.54, 1.807) is 36.4 Å². The highest BCUT2D eigenvalue weighted by molar-refractivity contribution is 7.89. The summed E-state index contributed by atoms with van der Waals surface area (Å²) < 4.78 is 32.1. The van der Waals surface area contributed by atoms with Gasteiger partial charge < -0.3 is 15.4 Å². The molecule has 2 aromatic carbocycles. The normalized spacial score (nSPS) is 15.0. The van der Waals surface area contributed by atoms with Crippen LogP contribution in [0.1, 0.15) is 17.3 Å². The third kappa shape index (κ3) is 4.75. The van der Waals surface area contributed by atoms with Crippen molar-refractivity contribution in [2.75, 3.05) is 36.9 Å². The smallest absolute Gasteiger partial charge is 0.255 e. The third-order valence-corrected chi connectivity index (χ3v) is 6.06. The molecule has 0 unspecified atom stereocenters. The van der Waals surface area contributed by atoms with Crippen molar-refractivity contribution in [3.63, 3.8) is 0 Å². The Hall–Kier alpha value is -2.75. The average molecular weight is 403 g/mol. The summed E-state index contributed by atoms with van der Waals surface area (Å²) in [5, 5.41) is 5.36. The molecule has 9 heteroatoms. The summed E-state index contributed by atoms with van der Waals surface area (Å²) in [6.45, 7) is 2.70. The molecule has 3 rings (SSSR count). The van der Waals surface area contributed by atoms with Crippen LogP contribution in [0.2, 0.25) is 0 Å². The first-order valence-electron chi connectivity index (χ1n) is 8.73. The van der Waals surface area contributed by atoms with Gasteiger partial charge in [0, 0.05) is 37.0 Å². The van der Waals surface area contributed by atoms with Crippen molar-refractivity contribution in [1.29, 1.82) is 0 Å². The lowest BCUT2D eigenvalue weighted by atomic mass is 10.2. The minimum absolute atomic E-state index is 0.0723. The molecular weight excluding hydrogens is 382 g/mol. The van der Waals surface area contributed by atoms with Gasteiger partial charge in [0.25, 0.3) is 5.91 Å². The molecule has 0 atom stereocenters. The number of carbonyl (C=O) groups is 2. The molecule has 2 aromatic rings. The maximum atomic E-state index is 12.8. The largest absolute Gasteiger partial charge is 0.379 e. The number of hydrogen-bond acceptors (Lipinski definition) is 5. The predicted octanol–water partition coefficient (Wildman–Crippen LogP) is 1.92. The van der Waals surface area contributed by atoms with Gasteiger partial charge in [-0.05, 0) is 42.5 Å². The quantitative estimate of drug-likeness (QED) is 0.794. The number of sulfonamides is 1. The zero-order valence-electron chi connectivity index (χ0n) is 15.3. The van der Waals surface area contributed by atoms with Crippen LogP contribution < -0.4 is 10.6 Å². The summed E-state index contributed by atoms with van der Waals surface area (Å²) in [4.78, 5) is 23.6. The first kappa shape index (κ1) is 20.0. The van der Waals surface area contributed by atoms with Crippen molar-refractivity contribution in [3.8, 4) is 0 Å². The molecule has 0 bridgehead atoms. The fourth-order valence-corrected chi connectivity index (χ4v) is 4.23. The zero-order valence-corrected chi connectivity index (χ0v) is 16.2. The highest BCUT2D eigenvalue weighted by atomic mass is 32.2. The Morgan fingerprint density at radius 2 is 1.57 bits per heavy atom. The van der Waals surface area contributed by atoms with Crippen molar-refractivity contribution in [2.24, 2.45) is 0 Å². The molecule has 1 fully saturated rings. The number of carbonyl (C=O) groups excluding carboxylic acids is 2. The summed E-state index contributed by atoms with van der Waals surface area (Å²) in [5.74, 6) is -0.610. The van der Waals surface area contributed by atoms with E-state index in [4.69, 9.17) is 4.74 Å². The van der Waals surface area contributed by atoms with Crippen LogP contribution in [0, 0.1) is 0 Å². The average Bonchev–Trinajstić information content (AvgIpc) is 2.70. The molecule has 1 saturated heterocycles. The first-order valence-corrected chi connectivity index (χ1v) is 10.2. The summed E-state index contributed by atoms with van der Waals surface area (Å²) in [6.07, 6.45) is 0. The van der Waals surface area contributed by atoms with Crippen LogP contribution in [0.3, 0.4) is 0 Å². The number of nitrogens with one attached hydrogen (secondary N) is 2. The van der Waals surface area contributed by atoms with Gasteiger partial charge >= 0.3 is 0 Å². The van der Waals surface area contributed by atoms with E-state index < -0.39 is 15.9 Å². The highest BCUT2D eigenvalue weighted by Gasteiger charge is 2.26. The van der Waals surface area contributed by atoms with Crippen molar-refractivity contribution in [1.82, 2.24) is 4.31 Å². The van der Waals surface area contributed by atoms with E-state index in [1.807, 2.05) is 0 Å². The number of nitrogens with zero attached hydrogens (tertiary/aromatic N) is 1. The first-order chi connectivity index (χ1) is 13.4. The van der Waals surface area contributed by atoms with Crippen LogP contribution in [0.4, 0.5) is 11.4 Å². The molecule has 148 valence electrons. The number of rotatable bonds is 5. The van der Waals surface area contributed by atoms with Crippen molar-refractivity contribution in [3.05, 3.63) is 54.1 Å². The highest BCUT2D eigenvalue weighted by Crippen LogP contribution is 2.20.